The number of pyridine rings is 1. The van der Waals surface area contributed by atoms with Crippen molar-refractivity contribution in [1.82, 2.24) is 9.88 Å². The SMILES string of the molecule is O=C(Cc1ccc(F)cc1)N1CCC[C@H](c2cccc(-c3ccc(F)cc3)n2)C1. The summed E-state index contributed by atoms with van der Waals surface area (Å²) in [4.78, 5) is 19.4. The lowest BCUT2D eigenvalue weighted by Crippen LogP contribution is -2.40. The molecule has 2 aromatic carbocycles. The number of halogens is 2. The van der Waals surface area contributed by atoms with Gasteiger partial charge in [0.1, 0.15) is 11.6 Å². The van der Waals surface area contributed by atoms with Gasteiger partial charge in [0.25, 0.3) is 0 Å². The second-order valence-corrected chi connectivity index (χ2v) is 7.44. The van der Waals surface area contributed by atoms with Crippen LogP contribution in [0.1, 0.15) is 30.0 Å². The maximum absolute atomic E-state index is 13.2. The monoisotopic (exact) mass is 392 g/mol. The molecule has 3 aromatic rings. The Morgan fingerprint density at radius 3 is 2.38 bits per heavy atom. The zero-order valence-corrected chi connectivity index (χ0v) is 16.0. The fourth-order valence-electron chi connectivity index (χ4n) is 3.79. The summed E-state index contributed by atoms with van der Waals surface area (Å²) in [6, 6.07) is 18.2. The number of likely N-dealkylation sites (tertiary alicyclic amines) is 1. The van der Waals surface area contributed by atoms with Gasteiger partial charge in [-0.25, -0.2) is 8.78 Å². The van der Waals surface area contributed by atoms with Crippen LogP contribution in [0.25, 0.3) is 11.3 Å². The molecule has 0 spiro atoms. The molecular formula is C24H22F2N2O. The highest BCUT2D eigenvalue weighted by Gasteiger charge is 2.25. The van der Waals surface area contributed by atoms with Crippen molar-refractivity contribution in [2.45, 2.75) is 25.2 Å². The first-order valence-electron chi connectivity index (χ1n) is 9.83. The third-order valence-electron chi connectivity index (χ3n) is 5.37. The van der Waals surface area contributed by atoms with Gasteiger partial charge in [-0.1, -0.05) is 18.2 Å². The van der Waals surface area contributed by atoms with Crippen molar-refractivity contribution >= 4 is 5.91 Å². The Labute approximate surface area is 169 Å². The predicted octanol–water partition coefficient (Wildman–Crippen LogP) is 4.98. The van der Waals surface area contributed by atoms with E-state index in [-0.39, 0.29) is 29.9 Å². The van der Waals surface area contributed by atoms with Gasteiger partial charge >= 0.3 is 0 Å². The fourth-order valence-corrected chi connectivity index (χ4v) is 3.79. The summed E-state index contributed by atoms with van der Waals surface area (Å²) in [7, 11) is 0. The highest BCUT2D eigenvalue weighted by atomic mass is 19.1. The van der Waals surface area contributed by atoms with Crippen molar-refractivity contribution in [1.29, 1.82) is 0 Å². The Morgan fingerprint density at radius 1 is 0.966 bits per heavy atom. The number of amides is 1. The van der Waals surface area contributed by atoms with Crippen molar-refractivity contribution < 1.29 is 13.6 Å². The largest absolute Gasteiger partial charge is 0.342 e. The molecule has 0 aliphatic carbocycles. The number of aromatic nitrogens is 1. The molecule has 1 saturated heterocycles. The van der Waals surface area contributed by atoms with E-state index in [1.54, 1.807) is 24.3 Å². The van der Waals surface area contributed by atoms with Crippen LogP contribution in [0.3, 0.4) is 0 Å². The number of piperidine rings is 1. The highest BCUT2D eigenvalue weighted by Crippen LogP contribution is 2.28. The molecule has 2 heterocycles. The molecule has 148 valence electrons. The smallest absolute Gasteiger partial charge is 0.227 e. The summed E-state index contributed by atoms with van der Waals surface area (Å²) < 4.78 is 26.3. The zero-order chi connectivity index (χ0) is 20.2. The molecule has 0 radical (unpaired) electrons. The van der Waals surface area contributed by atoms with E-state index >= 15 is 0 Å². The summed E-state index contributed by atoms with van der Waals surface area (Å²) in [5.41, 5.74) is 3.44. The molecule has 3 nitrogen and oxygen atoms in total. The van der Waals surface area contributed by atoms with Crippen LogP contribution in [-0.4, -0.2) is 28.9 Å². The second kappa shape index (κ2) is 8.52. The van der Waals surface area contributed by atoms with Crippen molar-refractivity contribution in [3.05, 3.63) is 89.6 Å². The number of carbonyl (C=O) groups is 1. The van der Waals surface area contributed by atoms with Gasteiger partial charge in [-0.2, -0.15) is 0 Å². The first-order valence-corrected chi connectivity index (χ1v) is 9.83. The van der Waals surface area contributed by atoms with Crippen LogP contribution in [0.15, 0.2) is 66.7 Å². The van der Waals surface area contributed by atoms with Crippen LogP contribution < -0.4 is 0 Å². The lowest BCUT2D eigenvalue weighted by Gasteiger charge is -2.32. The van der Waals surface area contributed by atoms with Gasteiger partial charge in [0.2, 0.25) is 5.91 Å². The average Bonchev–Trinajstić information content (AvgIpc) is 2.76. The van der Waals surface area contributed by atoms with Crippen molar-refractivity contribution in [2.24, 2.45) is 0 Å². The number of hydrogen-bond donors (Lipinski definition) is 0. The Hall–Kier alpha value is -3.08. The van der Waals surface area contributed by atoms with Crippen LogP contribution in [0.4, 0.5) is 8.78 Å². The first kappa shape index (κ1) is 19.2. The second-order valence-electron chi connectivity index (χ2n) is 7.44. The fraction of sp³-hybridized carbons (Fsp3) is 0.250. The van der Waals surface area contributed by atoms with Crippen LogP contribution >= 0.6 is 0 Å². The van der Waals surface area contributed by atoms with Gasteiger partial charge in [0.15, 0.2) is 0 Å². The Balaban J connectivity index is 1.46. The Morgan fingerprint density at radius 2 is 1.66 bits per heavy atom. The normalized spacial score (nSPS) is 16.6. The summed E-state index contributed by atoms with van der Waals surface area (Å²) in [5.74, 6) is -0.351. The number of nitrogens with zero attached hydrogens (tertiary/aromatic N) is 2. The standard InChI is InChI=1S/C24H22F2N2O/c25-20-10-6-17(7-11-20)15-24(29)28-14-2-3-19(16-28)23-5-1-4-22(27-23)18-8-12-21(26)13-9-18/h1,4-13,19H,2-3,14-16H2/t19-/m0/s1. The van der Waals surface area contributed by atoms with E-state index in [1.165, 1.54) is 24.3 Å². The van der Waals surface area contributed by atoms with Gasteiger partial charge in [0, 0.05) is 30.3 Å². The number of benzene rings is 2. The van der Waals surface area contributed by atoms with E-state index in [1.807, 2.05) is 23.1 Å². The van der Waals surface area contributed by atoms with Gasteiger partial charge in [-0.05, 0) is 66.9 Å². The topological polar surface area (TPSA) is 33.2 Å². The summed E-state index contributed by atoms with van der Waals surface area (Å²) in [6.07, 6.45) is 2.17. The summed E-state index contributed by atoms with van der Waals surface area (Å²) >= 11 is 0. The molecule has 1 aliphatic heterocycles. The third-order valence-corrected chi connectivity index (χ3v) is 5.37. The zero-order valence-electron chi connectivity index (χ0n) is 16.0. The van der Waals surface area contributed by atoms with Gasteiger partial charge in [-0.3, -0.25) is 9.78 Å². The molecule has 1 amide bonds. The molecule has 0 bridgehead atoms. The van der Waals surface area contributed by atoms with Crippen molar-refractivity contribution in [3.63, 3.8) is 0 Å². The van der Waals surface area contributed by atoms with E-state index in [9.17, 15) is 13.6 Å². The molecular weight excluding hydrogens is 370 g/mol. The van der Waals surface area contributed by atoms with Crippen LogP contribution in [-0.2, 0) is 11.2 Å². The minimum atomic E-state index is -0.300. The number of carbonyl (C=O) groups excluding carboxylic acids is 1. The van der Waals surface area contributed by atoms with Crippen LogP contribution in [0.5, 0.6) is 0 Å². The number of rotatable bonds is 4. The Bertz CT molecular complexity index is 987. The lowest BCUT2D eigenvalue weighted by atomic mass is 9.93. The first-order chi connectivity index (χ1) is 14.1. The molecule has 4 rings (SSSR count). The molecule has 0 N–H and O–H groups in total. The average molecular weight is 392 g/mol. The van der Waals surface area contributed by atoms with Gasteiger partial charge in [0.05, 0.1) is 12.1 Å². The molecule has 5 heteroatoms. The molecule has 1 atom stereocenters. The lowest BCUT2D eigenvalue weighted by molar-refractivity contribution is -0.131. The highest BCUT2D eigenvalue weighted by molar-refractivity contribution is 5.79. The number of hydrogen-bond acceptors (Lipinski definition) is 2. The molecule has 1 fully saturated rings. The molecule has 29 heavy (non-hydrogen) atoms. The summed E-state index contributed by atoms with van der Waals surface area (Å²) in [6.45, 7) is 1.36. The summed E-state index contributed by atoms with van der Waals surface area (Å²) in [5, 5.41) is 0. The third kappa shape index (κ3) is 4.67. The minimum Gasteiger partial charge on any atom is -0.342 e. The molecule has 0 saturated carbocycles. The van der Waals surface area contributed by atoms with E-state index in [0.717, 1.165) is 41.9 Å². The quantitative estimate of drug-likeness (QED) is 0.628. The van der Waals surface area contributed by atoms with Gasteiger partial charge < -0.3 is 4.90 Å². The van der Waals surface area contributed by atoms with E-state index in [2.05, 4.69) is 0 Å². The van der Waals surface area contributed by atoms with Crippen LogP contribution in [0.2, 0.25) is 0 Å². The van der Waals surface area contributed by atoms with E-state index in [0.29, 0.717) is 6.54 Å². The Kier molecular flexibility index (Phi) is 5.65. The van der Waals surface area contributed by atoms with E-state index < -0.39 is 0 Å². The van der Waals surface area contributed by atoms with Crippen molar-refractivity contribution in [2.75, 3.05) is 13.1 Å². The van der Waals surface area contributed by atoms with E-state index in [4.69, 9.17) is 4.98 Å². The molecule has 1 aromatic heterocycles. The predicted molar refractivity (Wildman–Crippen MR) is 108 cm³/mol. The van der Waals surface area contributed by atoms with Crippen molar-refractivity contribution in [3.8, 4) is 11.3 Å². The van der Waals surface area contributed by atoms with Gasteiger partial charge in [-0.15, -0.1) is 0 Å². The molecule has 1 aliphatic rings. The van der Waals surface area contributed by atoms with Crippen LogP contribution in [0, 0.1) is 11.6 Å². The molecule has 0 unspecified atom stereocenters. The maximum atomic E-state index is 13.2. The maximum Gasteiger partial charge on any atom is 0.227 e. The minimum absolute atomic E-state index is 0.0518.